The number of anilines is 1. The second-order valence-electron chi connectivity index (χ2n) is 16.3. The third-order valence-electron chi connectivity index (χ3n) is 14.1. The molecule has 0 N–H and O–H groups in total. The minimum absolute atomic E-state index is 0.301. The van der Waals surface area contributed by atoms with Crippen molar-refractivity contribution in [2.45, 2.75) is 88.1 Å². The molecule has 2 nitrogen and oxygen atoms in total. The van der Waals surface area contributed by atoms with Gasteiger partial charge in [-0.2, -0.15) is 0 Å². The first-order valence-corrected chi connectivity index (χ1v) is 19.1. The fourth-order valence-electron chi connectivity index (χ4n) is 12.7. The molecule has 0 amide bonds. The summed E-state index contributed by atoms with van der Waals surface area (Å²) in [5, 5.41) is 2.69. The van der Waals surface area contributed by atoms with Crippen molar-refractivity contribution < 1.29 is 0 Å². The third kappa shape index (κ3) is 3.81. The summed E-state index contributed by atoms with van der Waals surface area (Å²) in [7, 11) is 0. The molecule has 2 heteroatoms. The smallest absolute Gasteiger partial charge is 0.0561 e. The Morgan fingerprint density at radius 2 is 1.44 bits per heavy atom. The van der Waals surface area contributed by atoms with E-state index in [2.05, 4.69) is 119 Å². The normalized spacial score (nSPS) is 31.6. The van der Waals surface area contributed by atoms with Gasteiger partial charge >= 0.3 is 0 Å². The van der Waals surface area contributed by atoms with Crippen molar-refractivity contribution in [3.8, 4) is 5.69 Å². The number of para-hydroxylation sites is 2. The Balaban J connectivity index is 1.06. The summed E-state index contributed by atoms with van der Waals surface area (Å²) >= 11 is 0. The molecule has 4 bridgehead atoms. The second kappa shape index (κ2) is 10.5. The number of hydrogen-bond donors (Lipinski definition) is 0. The number of rotatable bonds is 4. The summed E-state index contributed by atoms with van der Waals surface area (Å²) in [6.07, 6.45) is 19.9. The molecule has 1 aromatic heterocycles. The SMILES string of the molecule is C1=CC(N(c2ccc3c4ccccc4n(-c4ccccc4)c3c2)C2CCC3=C(C2)C2(c4ccccc43)C3CC4CC(C3)CC2C4)CCC1. The molecule has 7 aliphatic carbocycles. The Hall–Kier alpha value is -4.04. The van der Waals surface area contributed by atoms with Crippen LogP contribution in [0.15, 0.2) is 115 Å². The highest BCUT2D eigenvalue weighted by atomic mass is 15.2. The molecule has 4 fully saturated rings. The van der Waals surface area contributed by atoms with Gasteiger partial charge in [0.1, 0.15) is 0 Å². The summed E-state index contributed by atoms with van der Waals surface area (Å²) < 4.78 is 2.50. The maximum Gasteiger partial charge on any atom is 0.0561 e. The van der Waals surface area contributed by atoms with Gasteiger partial charge in [0, 0.05) is 39.6 Å². The van der Waals surface area contributed by atoms with Crippen molar-refractivity contribution in [3.63, 3.8) is 0 Å². The molecule has 2 atom stereocenters. The lowest BCUT2D eigenvalue weighted by Crippen LogP contribution is -2.56. The molecule has 5 aromatic rings. The molecule has 2 unspecified atom stereocenters. The fraction of sp³-hybridized carbons (Fsp3) is 0.391. The van der Waals surface area contributed by atoms with Crippen LogP contribution in [0.25, 0.3) is 33.1 Å². The summed E-state index contributed by atoms with van der Waals surface area (Å²) in [6.45, 7) is 0. The molecule has 7 aliphatic rings. The van der Waals surface area contributed by atoms with Crippen molar-refractivity contribution in [2.24, 2.45) is 23.7 Å². The standard InChI is InChI=1S/C46H46N2/c1-3-11-34(12-4-1)47(37-20-22-41-40-16-8-10-18-44(40)48(45(41)29-37)35-13-5-2-6-14-35)36-19-21-39-38-15-7-9-17-42(38)46(43(39)28-36)32-24-30-23-31(26-32)27-33(46)25-30/h2-3,5-11,13-18,20,22,29-34,36H,1,4,12,19,21,23-28H2. The van der Waals surface area contributed by atoms with Crippen LogP contribution >= 0.6 is 0 Å². The molecular weight excluding hydrogens is 581 g/mol. The molecule has 4 aromatic carbocycles. The van der Waals surface area contributed by atoms with E-state index in [9.17, 15) is 0 Å². The minimum Gasteiger partial charge on any atom is -0.362 e. The van der Waals surface area contributed by atoms with Crippen LogP contribution in [0.4, 0.5) is 5.69 Å². The number of nitrogens with zero attached hydrogens (tertiary/aromatic N) is 2. The highest BCUT2D eigenvalue weighted by Gasteiger charge is 2.62. The summed E-state index contributed by atoms with van der Waals surface area (Å²) in [5.74, 6) is 3.67. The zero-order chi connectivity index (χ0) is 31.4. The molecule has 48 heavy (non-hydrogen) atoms. The topological polar surface area (TPSA) is 8.17 Å². The first-order valence-electron chi connectivity index (χ1n) is 19.1. The van der Waals surface area contributed by atoms with E-state index in [0.29, 0.717) is 17.5 Å². The highest BCUT2D eigenvalue weighted by Crippen LogP contribution is 2.70. The maximum atomic E-state index is 2.92. The average molecular weight is 627 g/mol. The van der Waals surface area contributed by atoms with Gasteiger partial charge in [0.05, 0.1) is 11.0 Å². The largest absolute Gasteiger partial charge is 0.362 e. The van der Waals surface area contributed by atoms with E-state index in [0.717, 1.165) is 23.7 Å². The number of hydrogen-bond acceptors (Lipinski definition) is 1. The molecule has 1 heterocycles. The van der Waals surface area contributed by atoms with Crippen molar-refractivity contribution in [2.75, 3.05) is 4.90 Å². The third-order valence-corrected chi connectivity index (χ3v) is 14.1. The van der Waals surface area contributed by atoms with E-state index in [1.165, 1.54) is 104 Å². The van der Waals surface area contributed by atoms with Gasteiger partial charge in [0.2, 0.25) is 0 Å². The highest BCUT2D eigenvalue weighted by molar-refractivity contribution is 6.10. The summed E-state index contributed by atoms with van der Waals surface area (Å²) in [4.78, 5) is 2.92. The average Bonchev–Trinajstić information content (AvgIpc) is 3.61. The van der Waals surface area contributed by atoms with E-state index < -0.39 is 0 Å². The van der Waals surface area contributed by atoms with Crippen LogP contribution in [0.2, 0.25) is 0 Å². The molecule has 4 saturated carbocycles. The molecule has 12 rings (SSSR count). The fourth-order valence-corrected chi connectivity index (χ4v) is 12.7. The Kier molecular flexibility index (Phi) is 6.08. The van der Waals surface area contributed by atoms with E-state index in [1.807, 2.05) is 5.57 Å². The second-order valence-corrected chi connectivity index (χ2v) is 16.3. The number of aromatic nitrogens is 1. The van der Waals surface area contributed by atoms with Gasteiger partial charge in [0.15, 0.2) is 0 Å². The molecule has 240 valence electrons. The minimum atomic E-state index is 0.301. The van der Waals surface area contributed by atoms with Crippen molar-refractivity contribution in [1.82, 2.24) is 4.57 Å². The van der Waals surface area contributed by atoms with Gasteiger partial charge in [-0.25, -0.2) is 0 Å². The van der Waals surface area contributed by atoms with Gasteiger partial charge in [-0.3, -0.25) is 0 Å². The number of benzene rings is 4. The van der Waals surface area contributed by atoms with E-state index in [1.54, 1.807) is 16.7 Å². The van der Waals surface area contributed by atoms with Crippen LogP contribution in [-0.2, 0) is 5.41 Å². The quantitative estimate of drug-likeness (QED) is 0.180. The monoisotopic (exact) mass is 626 g/mol. The molecule has 0 radical (unpaired) electrons. The lowest BCUT2D eigenvalue weighted by molar-refractivity contribution is -0.0439. The predicted molar refractivity (Wildman–Crippen MR) is 200 cm³/mol. The number of allylic oxidation sites excluding steroid dienone is 2. The van der Waals surface area contributed by atoms with Crippen molar-refractivity contribution in [1.29, 1.82) is 0 Å². The van der Waals surface area contributed by atoms with Crippen LogP contribution in [0.5, 0.6) is 0 Å². The predicted octanol–water partition coefficient (Wildman–Crippen LogP) is 11.4. The Morgan fingerprint density at radius 3 is 2.25 bits per heavy atom. The lowest BCUT2D eigenvalue weighted by Gasteiger charge is -2.62. The maximum absolute atomic E-state index is 2.92. The van der Waals surface area contributed by atoms with E-state index >= 15 is 0 Å². The van der Waals surface area contributed by atoms with Crippen LogP contribution < -0.4 is 4.90 Å². The molecule has 1 spiro atoms. The summed E-state index contributed by atoms with van der Waals surface area (Å²) in [6, 6.07) is 38.2. The molecular formula is C46H46N2. The molecule has 0 saturated heterocycles. The van der Waals surface area contributed by atoms with Crippen molar-refractivity contribution >= 4 is 33.1 Å². The first-order chi connectivity index (χ1) is 23.8. The van der Waals surface area contributed by atoms with Gasteiger partial charge in [-0.15, -0.1) is 0 Å². The van der Waals surface area contributed by atoms with Gasteiger partial charge in [-0.05, 0) is 141 Å². The van der Waals surface area contributed by atoms with E-state index in [4.69, 9.17) is 0 Å². The number of fused-ring (bicyclic) bond motifs is 5. The Morgan fingerprint density at radius 1 is 0.688 bits per heavy atom. The van der Waals surface area contributed by atoms with Gasteiger partial charge in [0.25, 0.3) is 0 Å². The molecule has 0 aliphatic heterocycles. The van der Waals surface area contributed by atoms with Crippen LogP contribution in [0, 0.1) is 23.7 Å². The van der Waals surface area contributed by atoms with E-state index in [-0.39, 0.29) is 0 Å². The Bertz CT molecular complexity index is 2100. The van der Waals surface area contributed by atoms with Crippen LogP contribution in [0.3, 0.4) is 0 Å². The summed E-state index contributed by atoms with van der Waals surface area (Å²) in [5.41, 5.74) is 12.6. The zero-order valence-electron chi connectivity index (χ0n) is 28.0. The first kappa shape index (κ1) is 27.9. The Labute approximate surface area is 285 Å². The van der Waals surface area contributed by atoms with Crippen molar-refractivity contribution in [3.05, 3.63) is 126 Å². The van der Waals surface area contributed by atoms with Gasteiger partial charge < -0.3 is 9.47 Å². The lowest BCUT2D eigenvalue weighted by atomic mass is 9.42. The van der Waals surface area contributed by atoms with Crippen LogP contribution in [-0.4, -0.2) is 16.7 Å². The zero-order valence-corrected chi connectivity index (χ0v) is 28.0. The van der Waals surface area contributed by atoms with Crippen LogP contribution in [0.1, 0.15) is 81.8 Å². The van der Waals surface area contributed by atoms with Gasteiger partial charge in [-0.1, -0.05) is 84.5 Å².